The zero-order valence-electron chi connectivity index (χ0n) is 14.6. The van der Waals surface area contributed by atoms with Gasteiger partial charge in [-0.2, -0.15) is 9.90 Å². The summed E-state index contributed by atoms with van der Waals surface area (Å²) in [5, 5.41) is 25.2. The SMILES string of the molecule is Cc1nn(-c2ccccc2)nc1C(=O)NCCNc1ccccc1[N+](=O)[O-]. The largest absolute Gasteiger partial charge is 0.378 e. The van der Waals surface area contributed by atoms with Crippen molar-refractivity contribution in [1.82, 2.24) is 20.3 Å². The van der Waals surface area contributed by atoms with Gasteiger partial charge in [0.25, 0.3) is 11.6 Å². The van der Waals surface area contributed by atoms with Crippen LogP contribution in [0.25, 0.3) is 5.69 Å². The van der Waals surface area contributed by atoms with Crippen LogP contribution in [0.3, 0.4) is 0 Å². The molecule has 0 atom stereocenters. The van der Waals surface area contributed by atoms with Gasteiger partial charge in [-0.3, -0.25) is 14.9 Å². The second-order valence-corrected chi connectivity index (χ2v) is 5.72. The van der Waals surface area contributed by atoms with E-state index in [9.17, 15) is 14.9 Å². The summed E-state index contributed by atoms with van der Waals surface area (Å²) < 4.78 is 0. The molecule has 0 spiro atoms. The first-order valence-corrected chi connectivity index (χ1v) is 8.31. The first-order chi connectivity index (χ1) is 13.1. The van der Waals surface area contributed by atoms with E-state index in [1.807, 2.05) is 30.3 Å². The summed E-state index contributed by atoms with van der Waals surface area (Å²) in [5.74, 6) is -0.348. The minimum absolute atomic E-state index is 0.00882. The lowest BCUT2D eigenvalue weighted by Gasteiger charge is -2.07. The van der Waals surface area contributed by atoms with Crippen molar-refractivity contribution in [3.8, 4) is 5.69 Å². The lowest BCUT2D eigenvalue weighted by Crippen LogP contribution is -2.29. The van der Waals surface area contributed by atoms with E-state index in [-0.39, 0.29) is 23.8 Å². The average molecular weight is 366 g/mol. The highest BCUT2D eigenvalue weighted by molar-refractivity contribution is 5.93. The summed E-state index contributed by atoms with van der Waals surface area (Å²) in [4.78, 5) is 24.3. The highest BCUT2D eigenvalue weighted by Crippen LogP contribution is 2.22. The normalized spacial score (nSPS) is 10.4. The summed E-state index contributed by atoms with van der Waals surface area (Å²) in [7, 11) is 0. The van der Waals surface area contributed by atoms with Crippen molar-refractivity contribution >= 4 is 17.3 Å². The fourth-order valence-corrected chi connectivity index (χ4v) is 2.50. The number of anilines is 1. The molecule has 0 aliphatic carbocycles. The van der Waals surface area contributed by atoms with E-state index in [1.165, 1.54) is 10.9 Å². The third kappa shape index (κ3) is 4.27. The van der Waals surface area contributed by atoms with Crippen molar-refractivity contribution in [3.05, 3.63) is 76.1 Å². The number of carbonyl (C=O) groups is 1. The number of benzene rings is 2. The topological polar surface area (TPSA) is 115 Å². The van der Waals surface area contributed by atoms with Crippen molar-refractivity contribution in [3.63, 3.8) is 0 Å². The van der Waals surface area contributed by atoms with Crippen LogP contribution in [0.15, 0.2) is 54.6 Å². The number of nitrogens with zero attached hydrogens (tertiary/aromatic N) is 4. The molecular formula is C18H18N6O3. The van der Waals surface area contributed by atoms with Gasteiger partial charge in [0.15, 0.2) is 5.69 Å². The van der Waals surface area contributed by atoms with Gasteiger partial charge in [0.1, 0.15) is 5.69 Å². The molecule has 3 aromatic rings. The van der Waals surface area contributed by atoms with E-state index in [1.54, 1.807) is 25.1 Å². The van der Waals surface area contributed by atoms with Crippen molar-refractivity contribution in [2.24, 2.45) is 0 Å². The lowest BCUT2D eigenvalue weighted by atomic mass is 10.2. The van der Waals surface area contributed by atoms with E-state index in [0.29, 0.717) is 17.9 Å². The number of rotatable bonds is 7. The standard InChI is InChI=1S/C18H18N6O3/c1-13-17(22-23(21-13)14-7-3-2-4-8-14)18(25)20-12-11-19-15-9-5-6-10-16(15)24(26)27/h2-10,19H,11-12H2,1H3,(H,20,25). The van der Waals surface area contributed by atoms with Crippen LogP contribution in [-0.4, -0.2) is 38.9 Å². The second kappa shape index (κ2) is 8.09. The highest BCUT2D eigenvalue weighted by Gasteiger charge is 2.16. The molecule has 0 bridgehead atoms. The Morgan fingerprint density at radius 3 is 2.52 bits per heavy atom. The molecule has 138 valence electrons. The van der Waals surface area contributed by atoms with Crippen LogP contribution in [0.2, 0.25) is 0 Å². The summed E-state index contributed by atoms with van der Waals surface area (Å²) in [6.45, 7) is 2.33. The monoisotopic (exact) mass is 366 g/mol. The zero-order chi connectivity index (χ0) is 19.2. The number of carbonyl (C=O) groups excluding carboxylic acids is 1. The van der Waals surface area contributed by atoms with Gasteiger partial charge in [-0.1, -0.05) is 30.3 Å². The van der Waals surface area contributed by atoms with E-state index in [0.717, 1.165) is 5.69 Å². The Balaban J connectivity index is 1.58. The molecule has 0 aliphatic heterocycles. The van der Waals surface area contributed by atoms with E-state index in [2.05, 4.69) is 20.8 Å². The Labute approximate surface area is 155 Å². The van der Waals surface area contributed by atoms with Gasteiger partial charge >= 0.3 is 0 Å². The number of aryl methyl sites for hydroxylation is 1. The Bertz CT molecular complexity index is 955. The molecule has 1 heterocycles. The van der Waals surface area contributed by atoms with Gasteiger partial charge in [-0.15, -0.1) is 5.10 Å². The maximum Gasteiger partial charge on any atom is 0.292 e. The minimum Gasteiger partial charge on any atom is -0.378 e. The smallest absolute Gasteiger partial charge is 0.292 e. The number of hydrogen-bond donors (Lipinski definition) is 2. The summed E-state index contributed by atoms with van der Waals surface area (Å²) >= 11 is 0. The Morgan fingerprint density at radius 2 is 1.78 bits per heavy atom. The molecule has 3 rings (SSSR count). The number of nitrogens with one attached hydrogen (secondary N) is 2. The number of para-hydroxylation sites is 3. The third-order valence-corrected chi connectivity index (χ3v) is 3.81. The molecule has 2 N–H and O–H groups in total. The summed E-state index contributed by atoms with van der Waals surface area (Å²) in [6, 6.07) is 15.7. The van der Waals surface area contributed by atoms with Gasteiger partial charge < -0.3 is 10.6 Å². The van der Waals surface area contributed by atoms with Crippen LogP contribution in [0.1, 0.15) is 16.2 Å². The molecule has 1 aromatic heterocycles. The summed E-state index contributed by atoms with van der Waals surface area (Å²) in [5.41, 5.74) is 1.92. The molecule has 0 fully saturated rings. The van der Waals surface area contributed by atoms with Crippen molar-refractivity contribution in [2.45, 2.75) is 6.92 Å². The lowest BCUT2D eigenvalue weighted by molar-refractivity contribution is -0.384. The van der Waals surface area contributed by atoms with E-state index < -0.39 is 4.92 Å². The first-order valence-electron chi connectivity index (χ1n) is 8.31. The number of hydrogen-bond acceptors (Lipinski definition) is 6. The van der Waals surface area contributed by atoms with Crippen molar-refractivity contribution < 1.29 is 9.72 Å². The van der Waals surface area contributed by atoms with E-state index in [4.69, 9.17) is 0 Å². The average Bonchev–Trinajstić information content (AvgIpc) is 3.08. The van der Waals surface area contributed by atoms with Gasteiger partial charge in [0, 0.05) is 19.2 Å². The molecular weight excluding hydrogens is 348 g/mol. The van der Waals surface area contributed by atoms with Crippen LogP contribution in [0, 0.1) is 17.0 Å². The van der Waals surface area contributed by atoms with Gasteiger partial charge in [-0.05, 0) is 25.1 Å². The first kappa shape index (κ1) is 18.1. The molecule has 0 aliphatic rings. The Kier molecular flexibility index (Phi) is 5.41. The quantitative estimate of drug-likeness (QED) is 0.377. The Hall–Kier alpha value is -3.75. The molecule has 2 aromatic carbocycles. The van der Waals surface area contributed by atoms with Crippen LogP contribution < -0.4 is 10.6 Å². The maximum absolute atomic E-state index is 12.3. The number of nitro benzene ring substituents is 1. The van der Waals surface area contributed by atoms with Gasteiger partial charge in [-0.25, -0.2) is 0 Å². The predicted molar refractivity (Wildman–Crippen MR) is 100 cm³/mol. The fraction of sp³-hybridized carbons (Fsp3) is 0.167. The number of amides is 1. The highest BCUT2D eigenvalue weighted by atomic mass is 16.6. The van der Waals surface area contributed by atoms with Crippen LogP contribution >= 0.6 is 0 Å². The molecule has 0 unspecified atom stereocenters. The maximum atomic E-state index is 12.3. The van der Waals surface area contributed by atoms with Crippen molar-refractivity contribution in [1.29, 1.82) is 0 Å². The van der Waals surface area contributed by atoms with Crippen LogP contribution in [0.5, 0.6) is 0 Å². The molecule has 9 heteroatoms. The molecule has 9 nitrogen and oxygen atoms in total. The van der Waals surface area contributed by atoms with Crippen LogP contribution in [-0.2, 0) is 0 Å². The molecule has 1 amide bonds. The fourth-order valence-electron chi connectivity index (χ4n) is 2.50. The zero-order valence-corrected chi connectivity index (χ0v) is 14.6. The number of nitro groups is 1. The molecule has 0 saturated heterocycles. The van der Waals surface area contributed by atoms with Crippen molar-refractivity contribution in [2.75, 3.05) is 18.4 Å². The third-order valence-electron chi connectivity index (χ3n) is 3.81. The second-order valence-electron chi connectivity index (χ2n) is 5.72. The Morgan fingerprint density at radius 1 is 1.07 bits per heavy atom. The van der Waals surface area contributed by atoms with E-state index >= 15 is 0 Å². The predicted octanol–water partition coefficient (Wildman–Crippen LogP) is 2.33. The summed E-state index contributed by atoms with van der Waals surface area (Å²) in [6.07, 6.45) is 0. The molecule has 0 saturated carbocycles. The van der Waals surface area contributed by atoms with Gasteiger partial charge in [0.05, 0.1) is 16.3 Å². The molecule has 27 heavy (non-hydrogen) atoms. The minimum atomic E-state index is -0.452. The van der Waals surface area contributed by atoms with Crippen LogP contribution in [0.4, 0.5) is 11.4 Å². The number of aromatic nitrogens is 3. The van der Waals surface area contributed by atoms with Gasteiger partial charge in [0.2, 0.25) is 0 Å². The molecule has 0 radical (unpaired) electrons.